The molecule has 6 nitrogen and oxygen atoms in total. The van der Waals surface area contributed by atoms with Crippen LogP contribution in [0.3, 0.4) is 0 Å². The van der Waals surface area contributed by atoms with Gasteiger partial charge in [-0.15, -0.1) is 11.3 Å². The van der Waals surface area contributed by atoms with Crippen LogP contribution in [0.4, 0.5) is 0 Å². The molecule has 2 heterocycles. The van der Waals surface area contributed by atoms with E-state index in [0.717, 1.165) is 20.1 Å². The highest BCUT2D eigenvalue weighted by atomic mass is 79.9. The van der Waals surface area contributed by atoms with Crippen LogP contribution in [-0.2, 0) is 11.3 Å². The van der Waals surface area contributed by atoms with E-state index in [1.54, 1.807) is 24.6 Å². The van der Waals surface area contributed by atoms with Crippen molar-refractivity contribution in [3.63, 3.8) is 0 Å². The van der Waals surface area contributed by atoms with E-state index in [1.807, 2.05) is 17.8 Å². The van der Waals surface area contributed by atoms with Crippen molar-refractivity contribution in [3.8, 4) is 0 Å². The third-order valence-corrected chi connectivity index (χ3v) is 4.29. The van der Waals surface area contributed by atoms with Crippen LogP contribution >= 0.6 is 27.3 Å². The lowest BCUT2D eigenvalue weighted by atomic mass is 10.2. The van der Waals surface area contributed by atoms with Gasteiger partial charge in [-0.3, -0.25) is 10.5 Å². The van der Waals surface area contributed by atoms with E-state index in [2.05, 4.69) is 31.4 Å². The average Bonchev–Trinajstić information content (AvgIpc) is 2.97. The normalized spacial score (nSPS) is 12.8. The molecule has 3 N–H and O–H groups in total. The highest BCUT2D eigenvalue weighted by Gasteiger charge is 2.22. The minimum absolute atomic E-state index is 0.139. The van der Waals surface area contributed by atoms with Crippen LogP contribution in [0.1, 0.15) is 21.6 Å². The molecule has 0 aliphatic carbocycles. The van der Waals surface area contributed by atoms with E-state index in [-0.39, 0.29) is 6.04 Å². The molecule has 2 rings (SSSR count). The smallest absolute Gasteiger partial charge is 0.0997 e. The fraction of sp³-hybridized carbons (Fsp3) is 0.455. The summed E-state index contributed by atoms with van der Waals surface area (Å²) < 4.78 is 7.89. The van der Waals surface area contributed by atoms with Gasteiger partial charge in [-0.2, -0.15) is 5.10 Å². The molecule has 0 saturated heterocycles. The van der Waals surface area contributed by atoms with Gasteiger partial charge in [-0.05, 0) is 22.9 Å². The monoisotopic (exact) mass is 345 g/mol. The Morgan fingerprint density at radius 1 is 1.58 bits per heavy atom. The number of hydrazine groups is 1. The molecule has 1 unspecified atom stereocenters. The maximum Gasteiger partial charge on any atom is 0.0997 e. The van der Waals surface area contributed by atoms with E-state index in [0.29, 0.717) is 13.2 Å². The summed E-state index contributed by atoms with van der Waals surface area (Å²) in [5.41, 5.74) is 3.81. The van der Waals surface area contributed by atoms with Crippen molar-refractivity contribution in [1.29, 1.82) is 0 Å². The molecule has 0 bridgehead atoms. The predicted molar refractivity (Wildman–Crippen MR) is 77.8 cm³/mol. The molecule has 0 saturated carbocycles. The van der Waals surface area contributed by atoms with Crippen LogP contribution < -0.4 is 11.3 Å². The van der Waals surface area contributed by atoms with E-state index in [1.165, 1.54) is 0 Å². The first-order chi connectivity index (χ1) is 9.17. The molecular formula is C11H16BrN5OS. The number of nitrogens with two attached hydrogens (primary N) is 1. The summed E-state index contributed by atoms with van der Waals surface area (Å²) in [5, 5.41) is 5.34. The highest BCUT2D eigenvalue weighted by Crippen LogP contribution is 2.30. The minimum Gasteiger partial charge on any atom is -0.383 e. The van der Waals surface area contributed by atoms with Crippen LogP contribution in [0, 0.1) is 6.92 Å². The number of hydrogen-bond acceptors (Lipinski definition) is 6. The largest absolute Gasteiger partial charge is 0.383 e. The van der Waals surface area contributed by atoms with Gasteiger partial charge in [0.15, 0.2) is 0 Å². The van der Waals surface area contributed by atoms with Crippen molar-refractivity contribution in [3.05, 3.63) is 32.4 Å². The van der Waals surface area contributed by atoms with E-state index >= 15 is 0 Å². The second-order valence-corrected chi connectivity index (χ2v) is 6.10. The van der Waals surface area contributed by atoms with Crippen LogP contribution in [0.5, 0.6) is 0 Å². The first-order valence-corrected chi connectivity index (χ1v) is 7.37. The Hall–Kier alpha value is -0.800. The van der Waals surface area contributed by atoms with Crippen LogP contribution in [0.25, 0.3) is 0 Å². The zero-order valence-electron chi connectivity index (χ0n) is 10.8. The molecule has 0 aliphatic heterocycles. The molecule has 104 valence electrons. The number of ether oxygens (including phenoxy) is 1. The van der Waals surface area contributed by atoms with Gasteiger partial charge >= 0.3 is 0 Å². The van der Waals surface area contributed by atoms with E-state index < -0.39 is 0 Å². The Bertz CT molecular complexity index is 541. The Labute approximate surface area is 124 Å². The number of nitrogens with one attached hydrogen (secondary N) is 1. The number of aromatic nitrogens is 3. The van der Waals surface area contributed by atoms with Gasteiger partial charge in [0, 0.05) is 18.2 Å². The maximum atomic E-state index is 5.71. The Morgan fingerprint density at radius 2 is 2.37 bits per heavy atom. The van der Waals surface area contributed by atoms with Crippen molar-refractivity contribution >= 4 is 27.3 Å². The summed E-state index contributed by atoms with van der Waals surface area (Å²) >= 11 is 5.13. The Morgan fingerprint density at radius 3 is 2.95 bits per heavy atom. The standard InChI is InChI=1S/C11H16BrN5OS/c1-7-14-6-9(19-7)10(16-13)11-8(12)5-15-17(11)3-4-18-2/h5-6,10,16H,3-4,13H2,1-2H3. The lowest BCUT2D eigenvalue weighted by Gasteiger charge is -2.16. The zero-order valence-corrected chi connectivity index (χ0v) is 13.2. The summed E-state index contributed by atoms with van der Waals surface area (Å²) in [6.07, 6.45) is 3.61. The lowest BCUT2D eigenvalue weighted by molar-refractivity contribution is 0.182. The molecule has 2 aromatic rings. The lowest BCUT2D eigenvalue weighted by Crippen LogP contribution is -2.30. The first kappa shape index (κ1) is 14.6. The maximum absolute atomic E-state index is 5.71. The van der Waals surface area contributed by atoms with Gasteiger partial charge in [0.1, 0.15) is 0 Å². The fourth-order valence-electron chi connectivity index (χ4n) is 1.82. The molecule has 0 fully saturated rings. The molecular weight excluding hydrogens is 330 g/mol. The second-order valence-electron chi connectivity index (χ2n) is 3.98. The number of rotatable bonds is 6. The minimum atomic E-state index is -0.139. The van der Waals surface area contributed by atoms with Crippen molar-refractivity contribution in [2.24, 2.45) is 5.84 Å². The van der Waals surface area contributed by atoms with Gasteiger partial charge < -0.3 is 4.74 Å². The number of aryl methyl sites for hydroxylation is 1. The highest BCUT2D eigenvalue weighted by molar-refractivity contribution is 9.10. The van der Waals surface area contributed by atoms with Gasteiger partial charge in [0.2, 0.25) is 0 Å². The summed E-state index contributed by atoms with van der Waals surface area (Å²) in [7, 11) is 1.67. The van der Waals surface area contributed by atoms with E-state index in [9.17, 15) is 0 Å². The third-order valence-electron chi connectivity index (χ3n) is 2.70. The topological polar surface area (TPSA) is 78.0 Å². The van der Waals surface area contributed by atoms with Gasteiger partial charge in [-0.1, -0.05) is 0 Å². The van der Waals surface area contributed by atoms with Crippen molar-refractivity contribution < 1.29 is 4.74 Å². The molecule has 0 radical (unpaired) electrons. The number of nitrogens with zero attached hydrogens (tertiary/aromatic N) is 3. The van der Waals surface area contributed by atoms with Crippen LogP contribution in [-0.4, -0.2) is 28.5 Å². The van der Waals surface area contributed by atoms with Gasteiger partial charge in [0.05, 0.1) is 40.6 Å². The van der Waals surface area contributed by atoms with Crippen LogP contribution in [0.2, 0.25) is 0 Å². The molecule has 0 aromatic carbocycles. The number of hydrogen-bond donors (Lipinski definition) is 2. The molecule has 8 heteroatoms. The average molecular weight is 346 g/mol. The third kappa shape index (κ3) is 3.21. The molecule has 1 atom stereocenters. The molecule has 2 aromatic heterocycles. The van der Waals surface area contributed by atoms with Gasteiger partial charge in [-0.25, -0.2) is 10.4 Å². The molecule has 0 amide bonds. The Kier molecular flexibility index (Phi) is 5.06. The Balaban J connectivity index is 2.34. The predicted octanol–water partition coefficient (Wildman–Crippen LogP) is 1.61. The molecule has 0 aliphatic rings. The molecule has 0 spiro atoms. The van der Waals surface area contributed by atoms with E-state index in [4.69, 9.17) is 10.6 Å². The summed E-state index contributed by atoms with van der Waals surface area (Å²) in [6, 6.07) is -0.139. The number of halogens is 1. The van der Waals surface area contributed by atoms with Crippen LogP contribution in [0.15, 0.2) is 16.9 Å². The quantitative estimate of drug-likeness (QED) is 0.614. The number of methoxy groups -OCH3 is 1. The second kappa shape index (κ2) is 6.58. The van der Waals surface area contributed by atoms with Crippen molar-refractivity contribution in [2.75, 3.05) is 13.7 Å². The van der Waals surface area contributed by atoms with Crippen molar-refractivity contribution in [1.82, 2.24) is 20.2 Å². The molecule has 19 heavy (non-hydrogen) atoms. The first-order valence-electron chi connectivity index (χ1n) is 5.76. The number of thiazole rings is 1. The van der Waals surface area contributed by atoms with Gasteiger partial charge in [0.25, 0.3) is 0 Å². The summed E-state index contributed by atoms with van der Waals surface area (Å²) in [6.45, 7) is 3.24. The summed E-state index contributed by atoms with van der Waals surface area (Å²) in [5.74, 6) is 5.71. The SMILES string of the molecule is COCCn1ncc(Br)c1C(NN)c1cnc(C)s1. The fourth-order valence-corrected chi connectivity index (χ4v) is 3.20. The van der Waals surface area contributed by atoms with Crippen molar-refractivity contribution in [2.45, 2.75) is 19.5 Å². The zero-order chi connectivity index (χ0) is 13.8. The summed E-state index contributed by atoms with van der Waals surface area (Å²) in [4.78, 5) is 5.33.